The lowest BCUT2D eigenvalue weighted by atomic mass is 10.2. The zero-order chi connectivity index (χ0) is 18.9. The van der Waals surface area contributed by atoms with Crippen LogP contribution in [0.2, 0.25) is 0 Å². The lowest BCUT2D eigenvalue weighted by molar-refractivity contribution is 0.121. The van der Waals surface area contributed by atoms with Crippen LogP contribution < -0.4 is 15.5 Å². The van der Waals surface area contributed by atoms with Gasteiger partial charge in [0.25, 0.3) is 6.01 Å². The molecule has 0 unspecified atom stereocenters. The van der Waals surface area contributed by atoms with Crippen molar-refractivity contribution in [2.75, 3.05) is 68.1 Å². The number of aromatic nitrogens is 4. The molecule has 0 radical (unpaired) electrons. The lowest BCUT2D eigenvalue weighted by Crippen LogP contribution is -2.40. The third kappa shape index (κ3) is 3.32. The van der Waals surface area contributed by atoms with Gasteiger partial charge in [0.2, 0.25) is 11.9 Å². The topological polar surface area (TPSA) is 116 Å². The molecule has 0 amide bonds. The molecule has 3 aromatic rings. The van der Waals surface area contributed by atoms with Crippen LogP contribution in [0.15, 0.2) is 22.6 Å². The van der Waals surface area contributed by atoms with Crippen LogP contribution in [0, 0.1) is 0 Å². The van der Waals surface area contributed by atoms with E-state index >= 15 is 0 Å². The summed E-state index contributed by atoms with van der Waals surface area (Å²) in [7, 11) is 0. The number of nitrogens with two attached hydrogens (primary N) is 1. The average Bonchev–Trinajstić information content (AvgIpc) is 3.14. The highest BCUT2D eigenvalue weighted by Crippen LogP contribution is 2.26. The summed E-state index contributed by atoms with van der Waals surface area (Å²) in [5.41, 5.74) is 7.81. The van der Waals surface area contributed by atoms with E-state index in [-0.39, 0.29) is 6.01 Å². The second-order valence-corrected chi connectivity index (χ2v) is 6.69. The molecule has 146 valence electrons. The Morgan fingerprint density at radius 2 is 1.39 bits per heavy atom. The summed E-state index contributed by atoms with van der Waals surface area (Å²) in [6.45, 7) is 5.67. The second kappa shape index (κ2) is 7.21. The van der Waals surface area contributed by atoms with Crippen LogP contribution in [0.3, 0.4) is 0 Å². The fourth-order valence-electron chi connectivity index (χ4n) is 3.37. The van der Waals surface area contributed by atoms with Crippen molar-refractivity contribution in [3.05, 3.63) is 18.2 Å². The van der Waals surface area contributed by atoms with Gasteiger partial charge in [0.1, 0.15) is 5.52 Å². The monoisotopic (exact) mass is 383 g/mol. The first kappa shape index (κ1) is 17.1. The van der Waals surface area contributed by atoms with Gasteiger partial charge in [0, 0.05) is 31.7 Å². The van der Waals surface area contributed by atoms with E-state index in [2.05, 4.69) is 14.8 Å². The number of benzene rings is 1. The largest absolute Gasteiger partial charge is 0.424 e. The molecule has 2 aliphatic heterocycles. The first-order valence-electron chi connectivity index (χ1n) is 9.34. The molecule has 4 heterocycles. The van der Waals surface area contributed by atoms with E-state index in [1.807, 2.05) is 18.2 Å². The molecule has 0 aliphatic carbocycles. The number of anilines is 3. The minimum atomic E-state index is 0.144. The Kier molecular flexibility index (Phi) is 4.41. The van der Waals surface area contributed by atoms with Gasteiger partial charge in [-0.2, -0.15) is 19.9 Å². The molecular formula is C18H21N7O3. The summed E-state index contributed by atoms with van der Waals surface area (Å²) in [6, 6.07) is 5.79. The molecule has 2 saturated heterocycles. The molecule has 0 atom stereocenters. The van der Waals surface area contributed by atoms with E-state index in [1.165, 1.54) is 0 Å². The van der Waals surface area contributed by atoms with E-state index in [0.717, 1.165) is 31.7 Å². The highest BCUT2D eigenvalue weighted by molar-refractivity contribution is 5.80. The van der Waals surface area contributed by atoms with Crippen molar-refractivity contribution in [2.45, 2.75) is 0 Å². The first-order valence-corrected chi connectivity index (χ1v) is 9.34. The van der Waals surface area contributed by atoms with E-state index in [4.69, 9.17) is 34.6 Å². The zero-order valence-corrected chi connectivity index (χ0v) is 15.4. The second-order valence-electron chi connectivity index (χ2n) is 6.69. The molecule has 0 saturated carbocycles. The molecule has 2 N–H and O–H groups in total. The Bertz CT molecular complexity index is 944. The van der Waals surface area contributed by atoms with Gasteiger partial charge < -0.3 is 29.4 Å². The van der Waals surface area contributed by atoms with Gasteiger partial charge in [-0.05, 0) is 18.2 Å². The number of hydrogen-bond acceptors (Lipinski definition) is 10. The van der Waals surface area contributed by atoms with Crippen molar-refractivity contribution in [1.29, 1.82) is 0 Å². The number of rotatable bonds is 3. The van der Waals surface area contributed by atoms with Gasteiger partial charge in [-0.25, -0.2) is 0 Å². The molecule has 2 aliphatic rings. The van der Waals surface area contributed by atoms with Gasteiger partial charge >= 0.3 is 0 Å². The fraction of sp³-hybridized carbons (Fsp3) is 0.444. The molecule has 2 aromatic heterocycles. The average molecular weight is 383 g/mol. The first-order chi connectivity index (χ1) is 13.8. The number of morpholine rings is 2. The maximum atomic E-state index is 5.67. The predicted molar refractivity (Wildman–Crippen MR) is 103 cm³/mol. The number of nitrogens with zero attached hydrogens (tertiary/aromatic N) is 6. The highest BCUT2D eigenvalue weighted by Gasteiger charge is 2.21. The minimum absolute atomic E-state index is 0.144. The van der Waals surface area contributed by atoms with Crippen LogP contribution in [0.25, 0.3) is 22.5 Å². The quantitative estimate of drug-likeness (QED) is 0.700. The zero-order valence-electron chi connectivity index (χ0n) is 15.4. The standard InChI is InChI=1S/C18H21N7O3/c19-16-20-13-2-1-12(11-14(13)28-16)15-21-17(24-3-7-26-8-4-24)23-18(22-15)25-5-9-27-10-6-25/h1-2,11H,3-10H2,(H2,19,20). The Morgan fingerprint density at radius 1 is 0.786 bits per heavy atom. The number of ether oxygens (including phenoxy) is 2. The maximum absolute atomic E-state index is 5.67. The van der Waals surface area contributed by atoms with Gasteiger partial charge in [-0.3, -0.25) is 0 Å². The SMILES string of the molecule is Nc1nc2ccc(-c3nc(N4CCOCC4)nc(N4CCOCC4)n3)cc2o1. The van der Waals surface area contributed by atoms with Crippen LogP contribution in [-0.2, 0) is 9.47 Å². The molecule has 28 heavy (non-hydrogen) atoms. The van der Waals surface area contributed by atoms with Crippen LogP contribution in [0.4, 0.5) is 17.9 Å². The molecule has 10 heteroatoms. The van der Waals surface area contributed by atoms with Crippen LogP contribution in [-0.4, -0.2) is 72.5 Å². The van der Waals surface area contributed by atoms with Crippen molar-refractivity contribution >= 4 is 29.0 Å². The third-order valence-corrected chi connectivity index (χ3v) is 4.86. The van der Waals surface area contributed by atoms with Crippen molar-refractivity contribution in [2.24, 2.45) is 0 Å². The van der Waals surface area contributed by atoms with Gasteiger partial charge in [-0.1, -0.05) is 0 Å². The summed E-state index contributed by atoms with van der Waals surface area (Å²) in [4.78, 5) is 22.6. The van der Waals surface area contributed by atoms with Crippen molar-refractivity contribution in [3.8, 4) is 11.4 Å². The number of nitrogen functional groups attached to an aromatic ring is 1. The predicted octanol–water partition coefficient (Wildman–Crippen LogP) is 0.935. The fourth-order valence-corrected chi connectivity index (χ4v) is 3.37. The Labute approximate surface area is 161 Å². The summed E-state index contributed by atoms with van der Waals surface area (Å²) in [5.74, 6) is 1.91. The smallest absolute Gasteiger partial charge is 0.292 e. The summed E-state index contributed by atoms with van der Waals surface area (Å²) < 4.78 is 16.4. The molecule has 2 fully saturated rings. The van der Waals surface area contributed by atoms with E-state index < -0.39 is 0 Å². The molecular weight excluding hydrogens is 362 g/mol. The van der Waals surface area contributed by atoms with Gasteiger partial charge in [0.05, 0.1) is 26.4 Å². The van der Waals surface area contributed by atoms with E-state index in [9.17, 15) is 0 Å². The Hall–Kier alpha value is -2.98. The van der Waals surface area contributed by atoms with Crippen molar-refractivity contribution in [1.82, 2.24) is 19.9 Å². The number of fused-ring (bicyclic) bond motifs is 1. The van der Waals surface area contributed by atoms with Gasteiger partial charge in [0.15, 0.2) is 11.4 Å². The number of oxazole rings is 1. The minimum Gasteiger partial charge on any atom is -0.424 e. The van der Waals surface area contributed by atoms with E-state index in [1.54, 1.807) is 0 Å². The maximum Gasteiger partial charge on any atom is 0.292 e. The van der Waals surface area contributed by atoms with Crippen LogP contribution in [0.1, 0.15) is 0 Å². The highest BCUT2D eigenvalue weighted by atomic mass is 16.5. The molecule has 5 rings (SSSR count). The molecule has 10 nitrogen and oxygen atoms in total. The Balaban J connectivity index is 1.57. The number of hydrogen-bond donors (Lipinski definition) is 1. The van der Waals surface area contributed by atoms with Gasteiger partial charge in [-0.15, -0.1) is 0 Å². The molecule has 0 spiro atoms. The normalized spacial score (nSPS) is 18.0. The summed E-state index contributed by atoms with van der Waals surface area (Å²) >= 11 is 0. The third-order valence-electron chi connectivity index (χ3n) is 4.86. The summed E-state index contributed by atoms with van der Waals surface area (Å²) in [6.07, 6.45) is 0. The van der Waals surface area contributed by atoms with Crippen LogP contribution >= 0.6 is 0 Å². The van der Waals surface area contributed by atoms with Crippen LogP contribution in [0.5, 0.6) is 0 Å². The molecule has 1 aromatic carbocycles. The summed E-state index contributed by atoms with van der Waals surface area (Å²) in [5, 5.41) is 0. The van der Waals surface area contributed by atoms with Crippen molar-refractivity contribution < 1.29 is 13.9 Å². The van der Waals surface area contributed by atoms with E-state index in [0.29, 0.717) is 55.2 Å². The Morgan fingerprint density at radius 3 is 2.00 bits per heavy atom. The van der Waals surface area contributed by atoms with Crippen molar-refractivity contribution in [3.63, 3.8) is 0 Å². The lowest BCUT2D eigenvalue weighted by Gasteiger charge is -2.30. The molecule has 0 bridgehead atoms.